The van der Waals surface area contributed by atoms with E-state index in [0.717, 1.165) is 60.8 Å². The standard InChI is InChI=1S/C20H30N4O2/c1-14-6-9-24(10-7-14)20(21)22-8-4-5-15-11-17-18(23-15)12-16(25-2)13-19(17)26-3/h11-14,23H,4-10H2,1-3H3,(H2,21,22). The van der Waals surface area contributed by atoms with Crippen LogP contribution in [-0.2, 0) is 6.42 Å². The molecule has 1 aliphatic heterocycles. The van der Waals surface area contributed by atoms with Gasteiger partial charge in [-0.1, -0.05) is 6.92 Å². The van der Waals surface area contributed by atoms with Crippen LogP contribution in [0.1, 0.15) is 31.9 Å². The highest BCUT2D eigenvalue weighted by atomic mass is 16.5. The van der Waals surface area contributed by atoms with Crippen molar-refractivity contribution < 1.29 is 9.47 Å². The van der Waals surface area contributed by atoms with Gasteiger partial charge in [-0.25, -0.2) is 0 Å². The topological polar surface area (TPSA) is 75.9 Å². The minimum atomic E-state index is 0.694. The van der Waals surface area contributed by atoms with Gasteiger partial charge in [-0.15, -0.1) is 0 Å². The number of methoxy groups -OCH3 is 2. The first-order chi connectivity index (χ1) is 12.6. The normalized spacial score (nSPS) is 16.3. The Bertz CT molecular complexity index is 761. The van der Waals surface area contributed by atoms with Crippen molar-refractivity contribution in [2.75, 3.05) is 33.9 Å². The predicted octanol–water partition coefficient (Wildman–Crippen LogP) is 3.16. The third kappa shape index (κ3) is 4.23. The highest BCUT2D eigenvalue weighted by Crippen LogP contribution is 2.31. The van der Waals surface area contributed by atoms with Crippen molar-refractivity contribution in [3.05, 3.63) is 23.9 Å². The number of hydrogen-bond acceptors (Lipinski definition) is 3. The third-order valence-electron chi connectivity index (χ3n) is 5.17. The number of guanidine groups is 1. The number of aromatic nitrogens is 1. The van der Waals surface area contributed by atoms with E-state index in [0.29, 0.717) is 5.96 Å². The lowest BCUT2D eigenvalue weighted by atomic mass is 10.00. The lowest BCUT2D eigenvalue weighted by molar-refractivity contribution is 0.277. The van der Waals surface area contributed by atoms with Crippen LogP contribution in [0.15, 0.2) is 23.2 Å². The van der Waals surface area contributed by atoms with Gasteiger partial charge in [0.1, 0.15) is 11.5 Å². The average Bonchev–Trinajstić information content (AvgIpc) is 3.07. The number of nitrogens with zero attached hydrogens (tertiary/aromatic N) is 2. The summed E-state index contributed by atoms with van der Waals surface area (Å²) >= 11 is 0. The number of fused-ring (bicyclic) bond motifs is 1. The van der Waals surface area contributed by atoms with E-state index in [1.165, 1.54) is 18.5 Å². The van der Waals surface area contributed by atoms with Crippen LogP contribution >= 0.6 is 0 Å². The fraction of sp³-hybridized carbons (Fsp3) is 0.550. The molecule has 6 nitrogen and oxygen atoms in total. The Hall–Kier alpha value is -2.37. The quantitative estimate of drug-likeness (QED) is 0.472. The average molecular weight is 358 g/mol. The van der Waals surface area contributed by atoms with E-state index in [-0.39, 0.29) is 0 Å². The van der Waals surface area contributed by atoms with Crippen molar-refractivity contribution in [3.63, 3.8) is 0 Å². The maximum atomic E-state index is 6.14. The number of aliphatic imine (C=N–C) groups is 1. The van der Waals surface area contributed by atoms with E-state index in [4.69, 9.17) is 15.2 Å². The van der Waals surface area contributed by atoms with Crippen LogP contribution in [0.3, 0.4) is 0 Å². The Morgan fingerprint density at radius 1 is 1.23 bits per heavy atom. The number of H-pyrrole nitrogens is 1. The molecule has 2 aromatic rings. The van der Waals surface area contributed by atoms with E-state index in [1.54, 1.807) is 14.2 Å². The highest BCUT2D eigenvalue weighted by molar-refractivity contribution is 5.88. The van der Waals surface area contributed by atoms with Crippen molar-refractivity contribution in [3.8, 4) is 11.5 Å². The SMILES string of the molecule is COc1cc(OC)c2cc(CCCN=C(N)N3CCC(C)CC3)[nH]c2c1. The summed E-state index contributed by atoms with van der Waals surface area (Å²) in [5.41, 5.74) is 8.34. The Balaban J connectivity index is 1.57. The first-order valence-electron chi connectivity index (χ1n) is 9.39. The van der Waals surface area contributed by atoms with E-state index in [9.17, 15) is 0 Å². The predicted molar refractivity (Wildman–Crippen MR) is 106 cm³/mol. The number of aryl methyl sites for hydroxylation is 1. The number of rotatable bonds is 6. The van der Waals surface area contributed by atoms with Gasteiger partial charge < -0.3 is 25.1 Å². The number of likely N-dealkylation sites (tertiary alicyclic amines) is 1. The molecule has 1 aromatic heterocycles. The maximum absolute atomic E-state index is 6.14. The van der Waals surface area contributed by atoms with E-state index >= 15 is 0 Å². The summed E-state index contributed by atoms with van der Waals surface area (Å²) in [6.45, 7) is 5.10. The molecule has 1 aromatic carbocycles. The van der Waals surface area contributed by atoms with Crippen LogP contribution in [0.4, 0.5) is 0 Å². The molecule has 1 saturated heterocycles. The molecule has 26 heavy (non-hydrogen) atoms. The van der Waals surface area contributed by atoms with Gasteiger partial charge in [0, 0.05) is 42.8 Å². The van der Waals surface area contributed by atoms with Crippen LogP contribution in [0.5, 0.6) is 11.5 Å². The van der Waals surface area contributed by atoms with Crippen LogP contribution < -0.4 is 15.2 Å². The van der Waals surface area contributed by atoms with Crippen LogP contribution in [-0.4, -0.2) is 49.7 Å². The first kappa shape index (κ1) is 18.4. The number of aromatic amines is 1. The van der Waals surface area contributed by atoms with E-state index in [2.05, 4.69) is 27.9 Å². The summed E-state index contributed by atoms with van der Waals surface area (Å²) < 4.78 is 10.8. The number of benzene rings is 1. The van der Waals surface area contributed by atoms with Gasteiger partial charge >= 0.3 is 0 Å². The van der Waals surface area contributed by atoms with Crippen molar-refractivity contribution >= 4 is 16.9 Å². The summed E-state index contributed by atoms with van der Waals surface area (Å²) in [5, 5.41) is 1.08. The number of nitrogens with two attached hydrogens (primary N) is 1. The van der Waals surface area contributed by atoms with Gasteiger partial charge in [-0.05, 0) is 37.7 Å². The van der Waals surface area contributed by atoms with Gasteiger partial charge in [0.25, 0.3) is 0 Å². The van der Waals surface area contributed by atoms with Crippen LogP contribution in [0.25, 0.3) is 10.9 Å². The minimum absolute atomic E-state index is 0.694. The molecule has 3 rings (SSSR count). The molecule has 0 unspecified atom stereocenters. The zero-order valence-electron chi connectivity index (χ0n) is 16.0. The minimum Gasteiger partial charge on any atom is -0.497 e. The van der Waals surface area contributed by atoms with Crippen molar-refractivity contribution in [2.45, 2.75) is 32.6 Å². The van der Waals surface area contributed by atoms with E-state index < -0.39 is 0 Å². The Labute approximate surface area is 155 Å². The molecule has 0 atom stereocenters. The zero-order chi connectivity index (χ0) is 18.5. The molecule has 142 valence electrons. The van der Waals surface area contributed by atoms with E-state index in [1.807, 2.05) is 12.1 Å². The summed E-state index contributed by atoms with van der Waals surface area (Å²) in [6, 6.07) is 6.05. The monoisotopic (exact) mass is 358 g/mol. The van der Waals surface area contributed by atoms with Gasteiger partial charge in [0.05, 0.1) is 19.7 Å². The summed E-state index contributed by atoms with van der Waals surface area (Å²) in [5.74, 6) is 3.11. The van der Waals surface area contributed by atoms with Gasteiger partial charge in [0.2, 0.25) is 0 Å². The lowest BCUT2D eigenvalue weighted by Gasteiger charge is -2.31. The second-order valence-corrected chi connectivity index (χ2v) is 7.10. The molecule has 0 aliphatic carbocycles. The fourth-order valence-corrected chi connectivity index (χ4v) is 3.46. The molecule has 2 heterocycles. The molecule has 0 spiro atoms. The summed E-state index contributed by atoms with van der Waals surface area (Å²) in [6.07, 6.45) is 4.29. The summed E-state index contributed by atoms with van der Waals surface area (Å²) in [7, 11) is 3.34. The van der Waals surface area contributed by atoms with Crippen LogP contribution in [0, 0.1) is 5.92 Å². The van der Waals surface area contributed by atoms with Crippen LogP contribution in [0.2, 0.25) is 0 Å². The molecular formula is C20H30N4O2. The summed E-state index contributed by atoms with van der Waals surface area (Å²) in [4.78, 5) is 10.2. The number of hydrogen-bond donors (Lipinski definition) is 2. The molecular weight excluding hydrogens is 328 g/mol. The first-order valence-corrected chi connectivity index (χ1v) is 9.39. The Morgan fingerprint density at radius 3 is 2.69 bits per heavy atom. The molecule has 0 amide bonds. The van der Waals surface area contributed by atoms with Gasteiger partial charge in [-0.3, -0.25) is 4.99 Å². The second kappa shape index (κ2) is 8.34. The zero-order valence-corrected chi connectivity index (χ0v) is 16.0. The molecule has 1 fully saturated rings. The molecule has 1 aliphatic rings. The smallest absolute Gasteiger partial charge is 0.191 e. The number of ether oxygens (including phenoxy) is 2. The molecule has 3 N–H and O–H groups in total. The Kier molecular flexibility index (Phi) is 5.91. The molecule has 0 bridgehead atoms. The fourth-order valence-electron chi connectivity index (χ4n) is 3.46. The maximum Gasteiger partial charge on any atom is 0.191 e. The lowest BCUT2D eigenvalue weighted by Crippen LogP contribution is -2.42. The van der Waals surface area contributed by atoms with Crippen molar-refractivity contribution in [1.29, 1.82) is 0 Å². The second-order valence-electron chi connectivity index (χ2n) is 7.10. The van der Waals surface area contributed by atoms with Gasteiger partial charge in [0.15, 0.2) is 5.96 Å². The van der Waals surface area contributed by atoms with Crippen molar-refractivity contribution in [2.24, 2.45) is 16.6 Å². The number of piperidine rings is 1. The third-order valence-corrected chi connectivity index (χ3v) is 5.17. The van der Waals surface area contributed by atoms with Gasteiger partial charge in [-0.2, -0.15) is 0 Å². The highest BCUT2D eigenvalue weighted by Gasteiger charge is 2.16. The molecule has 0 saturated carbocycles. The largest absolute Gasteiger partial charge is 0.497 e. The molecule has 0 radical (unpaired) electrons. The molecule has 6 heteroatoms. The van der Waals surface area contributed by atoms with Crippen molar-refractivity contribution in [1.82, 2.24) is 9.88 Å². The number of nitrogens with one attached hydrogen (secondary N) is 1. The Morgan fingerprint density at radius 2 is 2.00 bits per heavy atom.